The van der Waals surface area contributed by atoms with Crippen LogP contribution in [0.1, 0.15) is 43.7 Å². The van der Waals surface area contributed by atoms with E-state index in [1.807, 2.05) is 12.3 Å². The number of rotatable bonds is 7. The molecule has 1 aromatic heterocycles. The summed E-state index contributed by atoms with van der Waals surface area (Å²) in [6.45, 7) is 5.81. The van der Waals surface area contributed by atoms with Crippen LogP contribution in [0, 0.1) is 5.92 Å². The van der Waals surface area contributed by atoms with Crippen LogP contribution in [0.25, 0.3) is 11.1 Å². The number of nitrogens with zero attached hydrogens (tertiary/aromatic N) is 2. The maximum absolute atomic E-state index is 11.8. The fraction of sp³-hybridized carbons (Fsp3) is 0.583. The van der Waals surface area contributed by atoms with Gasteiger partial charge < -0.3 is 4.42 Å². The Morgan fingerprint density at radius 3 is 2.57 bits per heavy atom. The van der Waals surface area contributed by atoms with Crippen molar-refractivity contribution in [3.05, 3.63) is 47.9 Å². The summed E-state index contributed by atoms with van der Waals surface area (Å²) in [5, 5.41) is 0. The lowest BCUT2D eigenvalue weighted by atomic mass is 9.85. The summed E-state index contributed by atoms with van der Waals surface area (Å²) in [6, 6.07) is 9.45. The second kappa shape index (κ2) is 9.25. The van der Waals surface area contributed by atoms with Crippen LogP contribution in [0.2, 0.25) is 0 Å². The van der Waals surface area contributed by atoms with Crippen molar-refractivity contribution >= 4 is 10.0 Å². The first-order chi connectivity index (χ1) is 14.4. The zero-order chi connectivity index (χ0) is 21.1. The lowest BCUT2D eigenvalue weighted by Gasteiger charge is -2.39. The van der Waals surface area contributed by atoms with Gasteiger partial charge in [0, 0.05) is 31.2 Å². The van der Waals surface area contributed by atoms with Crippen LogP contribution in [0.5, 0.6) is 0 Å². The normalized spacial score (nSPS) is 21.1. The molecule has 6 heteroatoms. The molecule has 4 rings (SSSR count). The third-order valence-corrected chi connectivity index (χ3v) is 8.13. The Bertz CT molecular complexity index is 931. The van der Waals surface area contributed by atoms with E-state index < -0.39 is 10.0 Å². The summed E-state index contributed by atoms with van der Waals surface area (Å²) in [6.07, 6.45) is 11.4. The minimum absolute atomic E-state index is 0.574. The van der Waals surface area contributed by atoms with Crippen LogP contribution >= 0.6 is 0 Å². The zero-order valence-electron chi connectivity index (χ0n) is 18.2. The zero-order valence-corrected chi connectivity index (χ0v) is 19.0. The quantitative estimate of drug-likeness (QED) is 0.661. The van der Waals surface area contributed by atoms with E-state index in [-0.39, 0.29) is 0 Å². The highest BCUT2D eigenvalue weighted by Crippen LogP contribution is 2.31. The van der Waals surface area contributed by atoms with E-state index in [9.17, 15) is 8.42 Å². The molecule has 30 heavy (non-hydrogen) atoms. The van der Waals surface area contributed by atoms with E-state index in [4.69, 9.17) is 4.42 Å². The highest BCUT2D eigenvalue weighted by molar-refractivity contribution is 7.88. The number of hydrogen-bond acceptors (Lipinski definition) is 4. The number of hydrogen-bond donors (Lipinski definition) is 0. The molecule has 1 saturated heterocycles. The predicted molar refractivity (Wildman–Crippen MR) is 121 cm³/mol. The Labute approximate surface area is 181 Å². The van der Waals surface area contributed by atoms with Crippen molar-refractivity contribution in [2.45, 2.75) is 51.5 Å². The first kappa shape index (κ1) is 21.6. The van der Waals surface area contributed by atoms with Gasteiger partial charge in [-0.05, 0) is 73.7 Å². The molecule has 0 bridgehead atoms. The van der Waals surface area contributed by atoms with Crippen molar-refractivity contribution in [1.29, 1.82) is 0 Å². The third-order valence-electron chi connectivity index (χ3n) is 6.83. The van der Waals surface area contributed by atoms with Crippen molar-refractivity contribution in [3.63, 3.8) is 0 Å². The molecule has 1 aliphatic heterocycles. The number of sulfonamides is 1. The summed E-state index contributed by atoms with van der Waals surface area (Å²) < 4.78 is 30.5. The summed E-state index contributed by atoms with van der Waals surface area (Å²) >= 11 is 0. The smallest absolute Gasteiger partial charge is 0.211 e. The van der Waals surface area contributed by atoms with Crippen molar-refractivity contribution in [3.8, 4) is 11.1 Å². The predicted octanol–water partition coefficient (Wildman–Crippen LogP) is 4.19. The molecule has 1 aromatic carbocycles. The Kier molecular flexibility index (Phi) is 6.66. The third kappa shape index (κ3) is 4.98. The fourth-order valence-electron chi connectivity index (χ4n) is 5.12. The van der Waals surface area contributed by atoms with Gasteiger partial charge in [0.15, 0.2) is 0 Å². The molecule has 5 nitrogen and oxygen atoms in total. The average molecular weight is 431 g/mol. The van der Waals surface area contributed by atoms with Crippen LogP contribution in [0.15, 0.2) is 41.2 Å². The molecule has 0 radical (unpaired) electrons. The standard InChI is InChI=1S/C24H34N2O3S/c1-3-11-25(17-19-8-12-26(13-9-19)30(2,27)28)24-7-6-20-4-5-21(15-23(20)16-24)22-10-14-29-18-22/h4-5,10,14-15,18-19,24H,3,6-9,11-13,16-17H2,1-2H3. The van der Waals surface area contributed by atoms with Crippen LogP contribution in [-0.4, -0.2) is 56.1 Å². The lowest BCUT2D eigenvalue weighted by Crippen LogP contribution is -2.45. The Morgan fingerprint density at radius 1 is 1.10 bits per heavy atom. The second-order valence-corrected chi connectivity index (χ2v) is 11.0. The SMILES string of the molecule is CCCN(CC1CCN(S(C)(=O)=O)CC1)C1CCc2ccc(-c3ccoc3)cc2C1. The van der Waals surface area contributed by atoms with Crippen LogP contribution in [0.3, 0.4) is 0 Å². The van der Waals surface area contributed by atoms with Gasteiger partial charge in [0.05, 0.1) is 18.8 Å². The summed E-state index contributed by atoms with van der Waals surface area (Å²) in [4.78, 5) is 2.69. The average Bonchev–Trinajstić information content (AvgIpc) is 3.27. The van der Waals surface area contributed by atoms with Gasteiger partial charge in [-0.1, -0.05) is 25.1 Å². The van der Waals surface area contributed by atoms with Gasteiger partial charge in [0.1, 0.15) is 0 Å². The summed E-state index contributed by atoms with van der Waals surface area (Å²) in [5.74, 6) is 0.591. The summed E-state index contributed by atoms with van der Waals surface area (Å²) in [5.41, 5.74) is 5.33. The van der Waals surface area contributed by atoms with E-state index in [0.29, 0.717) is 25.0 Å². The van der Waals surface area contributed by atoms with Gasteiger partial charge in [-0.2, -0.15) is 0 Å². The van der Waals surface area contributed by atoms with Crippen LogP contribution < -0.4 is 0 Å². The topological polar surface area (TPSA) is 53.8 Å². The van der Waals surface area contributed by atoms with Gasteiger partial charge in [-0.15, -0.1) is 0 Å². The summed E-state index contributed by atoms with van der Waals surface area (Å²) in [7, 11) is -3.05. The maximum Gasteiger partial charge on any atom is 0.211 e. The molecule has 2 heterocycles. The number of furan rings is 1. The number of piperidine rings is 1. The highest BCUT2D eigenvalue weighted by Gasteiger charge is 2.29. The molecule has 0 amide bonds. The Hall–Kier alpha value is -1.63. The minimum Gasteiger partial charge on any atom is -0.472 e. The fourth-order valence-corrected chi connectivity index (χ4v) is 6.00. The van der Waals surface area contributed by atoms with Crippen molar-refractivity contribution in [2.75, 3.05) is 32.4 Å². The number of fused-ring (bicyclic) bond motifs is 1. The van der Waals surface area contributed by atoms with Crippen LogP contribution in [-0.2, 0) is 22.9 Å². The molecule has 1 aliphatic carbocycles. The molecular formula is C24H34N2O3S. The van der Waals surface area contributed by atoms with Crippen molar-refractivity contribution < 1.29 is 12.8 Å². The minimum atomic E-state index is -3.05. The molecule has 0 spiro atoms. The van der Waals surface area contributed by atoms with E-state index in [0.717, 1.165) is 50.8 Å². The number of benzene rings is 1. The molecule has 0 saturated carbocycles. The molecule has 1 fully saturated rings. The van der Waals surface area contributed by atoms with Crippen molar-refractivity contribution in [2.24, 2.45) is 5.92 Å². The highest BCUT2D eigenvalue weighted by atomic mass is 32.2. The Balaban J connectivity index is 1.42. The van der Waals surface area contributed by atoms with Crippen LogP contribution in [0.4, 0.5) is 0 Å². The van der Waals surface area contributed by atoms with Crippen molar-refractivity contribution in [1.82, 2.24) is 9.21 Å². The van der Waals surface area contributed by atoms with Gasteiger partial charge in [-0.25, -0.2) is 12.7 Å². The van der Waals surface area contributed by atoms with E-state index in [1.54, 1.807) is 10.6 Å². The maximum atomic E-state index is 11.8. The van der Waals surface area contributed by atoms with Gasteiger partial charge in [-0.3, -0.25) is 4.90 Å². The van der Waals surface area contributed by atoms with E-state index >= 15 is 0 Å². The first-order valence-electron chi connectivity index (χ1n) is 11.3. The van der Waals surface area contributed by atoms with E-state index in [2.05, 4.69) is 30.0 Å². The molecule has 164 valence electrons. The molecule has 2 aromatic rings. The first-order valence-corrected chi connectivity index (χ1v) is 13.1. The molecule has 2 aliphatic rings. The molecular weight excluding hydrogens is 396 g/mol. The number of aryl methyl sites for hydroxylation is 1. The second-order valence-electron chi connectivity index (χ2n) is 8.99. The van der Waals surface area contributed by atoms with Gasteiger partial charge in [0.2, 0.25) is 10.0 Å². The molecule has 0 N–H and O–H groups in total. The Morgan fingerprint density at radius 2 is 1.90 bits per heavy atom. The molecule has 1 atom stereocenters. The largest absolute Gasteiger partial charge is 0.472 e. The van der Waals surface area contributed by atoms with Gasteiger partial charge in [0.25, 0.3) is 0 Å². The molecule has 1 unspecified atom stereocenters. The van der Waals surface area contributed by atoms with Gasteiger partial charge >= 0.3 is 0 Å². The monoisotopic (exact) mass is 430 g/mol. The lowest BCUT2D eigenvalue weighted by molar-refractivity contribution is 0.129. The van der Waals surface area contributed by atoms with E-state index in [1.165, 1.54) is 29.4 Å².